The number of hydrogen-bond donors (Lipinski definition) is 1. The summed E-state index contributed by atoms with van der Waals surface area (Å²) in [6.45, 7) is 7.98. The van der Waals surface area contributed by atoms with Gasteiger partial charge in [0.2, 0.25) is 5.43 Å². The van der Waals surface area contributed by atoms with Crippen molar-refractivity contribution in [1.29, 1.82) is 0 Å². The summed E-state index contributed by atoms with van der Waals surface area (Å²) in [7, 11) is 0. The van der Waals surface area contributed by atoms with Gasteiger partial charge in [0.1, 0.15) is 21.6 Å². The van der Waals surface area contributed by atoms with Crippen molar-refractivity contribution < 1.29 is 9.53 Å². The van der Waals surface area contributed by atoms with E-state index in [-0.39, 0.29) is 28.8 Å². The molecule has 4 aromatic rings. The van der Waals surface area contributed by atoms with Crippen molar-refractivity contribution in [3.05, 3.63) is 67.7 Å². The van der Waals surface area contributed by atoms with Crippen molar-refractivity contribution in [2.75, 3.05) is 6.54 Å². The molecule has 1 aliphatic rings. The number of nitrogens with one attached hydrogen (secondary N) is 1. The van der Waals surface area contributed by atoms with Gasteiger partial charge in [-0.05, 0) is 58.7 Å². The monoisotopic (exact) mass is 506 g/mol. The first-order valence-corrected chi connectivity index (χ1v) is 13.1. The van der Waals surface area contributed by atoms with E-state index in [1.165, 1.54) is 11.3 Å². The first-order chi connectivity index (χ1) is 17.1. The molecule has 8 nitrogen and oxygen atoms in total. The molecule has 1 aliphatic carbocycles. The molecule has 1 saturated carbocycles. The summed E-state index contributed by atoms with van der Waals surface area (Å²) >= 11 is 1.49. The van der Waals surface area contributed by atoms with Gasteiger partial charge < -0.3 is 14.6 Å². The van der Waals surface area contributed by atoms with Crippen LogP contribution in [0.1, 0.15) is 56.7 Å². The van der Waals surface area contributed by atoms with Gasteiger partial charge >= 0.3 is 6.09 Å². The zero-order chi connectivity index (χ0) is 25.6. The predicted molar refractivity (Wildman–Crippen MR) is 143 cm³/mol. The largest absolute Gasteiger partial charge is 0.444 e. The van der Waals surface area contributed by atoms with Crippen LogP contribution >= 0.6 is 11.3 Å². The van der Waals surface area contributed by atoms with Gasteiger partial charge in [0.25, 0.3) is 5.56 Å². The Bertz CT molecular complexity index is 1570. The number of nitrogens with zero attached hydrogens (tertiary/aromatic N) is 3. The summed E-state index contributed by atoms with van der Waals surface area (Å²) in [6.07, 6.45) is 2.48. The number of carbonyl (C=O) groups excluding carboxylic acids is 1. The molecule has 0 bridgehead atoms. The van der Waals surface area contributed by atoms with Crippen LogP contribution in [0.15, 0.2) is 46.0 Å². The summed E-state index contributed by atoms with van der Waals surface area (Å²) in [4.78, 5) is 46.5. The SMILES string of the molecule is Cc1cc2c(=O)c3c(=O)n(-c4ccccc4)c(C4CCC4)nc3n(CCNC(=O)OC(C)(C)C)c2s1. The molecule has 1 N–H and O–H groups in total. The lowest BCUT2D eigenvalue weighted by Gasteiger charge is -2.28. The molecule has 3 aromatic heterocycles. The summed E-state index contributed by atoms with van der Waals surface area (Å²) in [5.41, 5.74) is -0.174. The Labute approximate surface area is 212 Å². The van der Waals surface area contributed by atoms with Crippen molar-refractivity contribution >= 4 is 38.7 Å². The third-order valence-corrected chi connectivity index (χ3v) is 7.46. The quantitative estimate of drug-likeness (QED) is 0.417. The van der Waals surface area contributed by atoms with E-state index in [2.05, 4.69) is 5.32 Å². The van der Waals surface area contributed by atoms with E-state index in [4.69, 9.17) is 9.72 Å². The number of hydrogen-bond acceptors (Lipinski definition) is 6. The second-order valence-corrected chi connectivity index (χ2v) is 11.5. The Kier molecular flexibility index (Phi) is 6.20. The third-order valence-electron chi connectivity index (χ3n) is 6.39. The highest BCUT2D eigenvalue weighted by molar-refractivity contribution is 7.18. The van der Waals surface area contributed by atoms with Crippen LogP contribution in [0, 0.1) is 6.92 Å². The molecule has 0 radical (unpaired) electrons. The minimum Gasteiger partial charge on any atom is -0.444 e. The number of aryl methyl sites for hydroxylation is 1. The van der Waals surface area contributed by atoms with Crippen molar-refractivity contribution in [3.8, 4) is 5.69 Å². The number of fused-ring (bicyclic) bond motifs is 2. The minimum atomic E-state index is -0.603. The molecule has 36 heavy (non-hydrogen) atoms. The van der Waals surface area contributed by atoms with E-state index in [1.807, 2.05) is 68.7 Å². The van der Waals surface area contributed by atoms with E-state index in [9.17, 15) is 14.4 Å². The third kappa shape index (κ3) is 4.43. The highest BCUT2D eigenvalue weighted by Gasteiger charge is 2.28. The number of aromatic nitrogens is 3. The van der Waals surface area contributed by atoms with Crippen molar-refractivity contribution in [3.63, 3.8) is 0 Å². The summed E-state index contributed by atoms with van der Waals surface area (Å²) in [5, 5.41) is 3.35. The minimum absolute atomic E-state index is 0.0736. The fraction of sp³-hybridized carbons (Fsp3) is 0.407. The maximum absolute atomic E-state index is 14.0. The van der Waals surface area contributed by atoms with Gasteiger partial charge in [0.05, 0.1) is 11.1 Å². The second kappa shape index (κ2) is 9.20. The van der Waals surface area contributed by atoms with Gasteiger partial charge in [-0.1, -0.05) is 24.6 Å². The van der Waals surface area contributed by atoms with Crippen LogP contribution in [0.5, 0.6) is 0 Å². The molecule has 9 heteroatoms. The topological polar surface area (TPSA) is 95.2 Å². The van der Waals surface area contributed by atoms with Crippen LogP contribution in [-0.2, 0) is 11.3 Å². The fourth-order valence-corrected chi connectivity index (χ4v) is 5.61. The molecule has 0 saturated heterocycles. The maximum Gasteiger partial charge on any atom is 0.407 e. The molecule has 0 unspecified atom stereocenters. The molecule has 188 valence electrons. The number of alkyl carbamates (subject to hydrolysis) is 1. The fourth-order valence-electron chi connectivity index (χ4n) is 4.57. The normalized spacial score (nSPS) is 14.2. The summed E-state index contributed by atoms with van der Waals surface area (Å²) in [6, 6.07) is 11.2. The molecule has 1 aromatic carbocycles. The van der Waals surface area contributed by atoms with Crippen LogP contribution < -0.4 is 16.3 Å². The lowest BCUT2D eigenvalue weighted by atomic mass is 9.84. The highest BCUT2D eigenvalue weighted by atomic mass is 32.1. The number of pyridine rings is 1. The van der Waals surface area contributed by atoms with E-state index in [1.54, 1.807) is 4.57 Å². The van der Waals surface area contributed by atoms with Gasteiger partial charge in [-0.3, -0.25) is 14.2 Å². The van der Waals surface area contributed by atoms with Crippen LogP contribution in [0.2, 0.25) is 0 Å². The molecular weight excluding hydrogens is 476 g/mol. The molecule has 1 fully saturated rings. The number of amides is 1. The zero-order valence-corrected chi connectivity index (χ0v) is 21.8. The van der Waals surface area contributed by atoms with Gasteiger partial charge in [-0.25, -0.2) is 9.78 Å². The van der Waals surface area contributed by atoms with Crippen molar-refractivity contribution in [2.24, 2.45) is 0 Å². The Morgan fingerprint density at radius 2 is 1.92 bits per heavy atom. The molecule has 5 rings (SSSR count). The molecule has 3 heterocycles. The van der Waals surface area contributed by atoms with Crippen LogP contribution in [0.25, 0.3) is 26.9 Å². The van der Waals surface area contributed by atoms with Crippen LogP contribution in [-0.4, -0.2) is 32.4 Å². The number of rotatable bonds is 5. The van der Waals surface area contributed by atoms with Gasteiger partial charge in [-0.15, -0.1) is 11.3 Å². The van der Waals surface area contributed by atoms with Gasteiger partial charge in [0, 0.05) is 23.9 Å². The van der Waals surface area contributed by atoms with Crippen LogP contribution in [0.4, 0.5) is 4.79 Å². The average Bonchev–Trinajstić information content (AvgIpc) is 3.16. The summed E-state index contributed by atoms with van der Waals surface area (Å²) in [5.74, 6) is 0.845. The molecule has 0 spiro atoms. The molecule has 0 aliphatic heterocycles. The molecule has 0 atom stereocenters. The predicted octanol–water partition coefficient (Wildman–Crippen LogP) is 4.86. The summed E-state index contributed by atoms with van der Waals surface area (Å²) < 4.78 is 8.87. The second-order valence-electron chi connectivity index (χ2n) is 10.3. The number of para-hydroxylation sites is 1. The van der Waals surface area contributed by atoms with Crippen LogP contribution in [0.3, 0.4) is 0 Å². The lowest BCUT2D eigenvalue weighted by molar-refractivity contribution is 0.0526. The lowest BCUT2D eigenvalue weighted by Crippen LogP contribution is -2.35. The first kappa shape index (κ1) is 24.2. The van der Waals surface area contributed by atoms with Crippen molar-refractivity contribution in [2.45, 2.75) is 65.0 Å². The highest BCUT2D eigenvalue weighted by Crippen LogP contribution is 2.36. The zero-order valence-electron chi connectivity index (χ0n) is 21.0. The maximum atomic E-state index is 14.0. The first-order valence-electron chi connectivity index (χ1n) is 12.3. The van der Waals surface area contributed by atoms with E-state index < -0.39 is 11.7 Å². The molecular formula is C27H30N4O4S. The molecule has 1 amide bonds. The smallest absolute Gasteiger partial charge is 0.407 e. The number of benzene rings is 1. The van der Waals surface area contributed by atoms with E-state index >= 15 is 0 Å². The Morgan fingerprint density at radius 3 is 2.56 bits per heavy atom. The average molecular weight is 507 g/mol. The van der Waals surface area contributed by atoms with E-state index in [0.29, 0.717) is 29.1 Å². The van der Waals surface area contributed by atoms with E-state index in [0.717, 1.165) is 29.0 Å². The number of ether oxygens (including phenoxy) is 1. The standard InChI is InChI=1S/C27H30N4O4S/c1-16-15-19-21(32)20-23(30(25(19)36-16)14-13-28-26(34)35-27(2,3)4)29-22(17-9-8-10-17)31(24(20)33)18-11-6-5-7-12-18/h5-7,11-12,15,17H,8-10,13-14H2,1-4H3,(H,28,34). The number of thiophene rings is 1. The Morgan fingerprint density at radius 1 is 1.19 bits per heavy atom. The Hall–Kier alpha value is -3.46. The van der Waals surface area contributed by atoms with Gasteiger partial charge in [-0.2, -0.15) is 0 Å². The van der Waals surface area contributed by atoms with Crippen molar-refractivity contribution in [1.82, 2.24) is 19.4 Å². The van der Waals surface area contributed by atoms with Gasteiger partial charge in [0.15, 0.2) is 5.65 Å². The Balaban J connectivity index is 1.70. The number of carbonyl (C=O) groups is 1.